The predicted octanol–water partition coefficient (Wildman–Crippen LogP) is 4.65. The number of morpholine rings is 1. The maximum Gasteiger partial charge on any atom is 0.287 e. The van der Waals surface area contributed by atoms with E-state index in [0.717, 1.165) is 58.7 Å². The van der Waals surface area contributed by atoms with E-state index in [1.165, 1.54) is 5.56 Å². The minimum Gasteiger partial charge on any atom is -0.451 e. The summed E-state index contributed by atoms with van der Waals surface area (Å²) >= 11 is 3.12. The number of hydrogen-bond donors (Lipinski definition) is 1. The lowest BCUT2D eigenvalue weighted by Crippen LogP contribution is -2.36. The first-order valence-electron chi connectivity index (χ1n) is 11.3. The van der Waals surface area contributed by atoms with Crippen LogP contribution in [0.2, 0.25) is 0 Å². The molecule has 5 rings (SSSR count). The van der Waals surface area contributed by atoms with Crippen LogP contribution < -0.4 is 5.32 Å². The number of fused-ring (bicyclic) bond motifs is 1. The molecular formula is C25H26N4O3S2. The number of carbonyl (C=O) groups excluding carboxylic acids is 1. The highest BCUT2D eigenvalue weighted by atomic mass is 32.2. The van der Waals surface area contributed by atoms with Crippen molar-refractivity contribution >= 4 is 40.0 Å². The summed E-state index contributed by atoms with van der Waals surface area (Å²) in [6, 6.07) is 16.0. The van der Waals surface area contributed by atoms with Crippen molar-refractivity contribution in [3.63, 3.8) is 0 Å². The van der Waals surface area contributed by atoms with Gasteiger partial charge in [-0.2, -0.15) is 0 Å². The average Bonchev–Trinajstić information content (AvgIpc) is 3.45. The molecule has 7 nitrogen and oxygen atoms in total. The zero-order valence-electron chi connectivity index (χ0n) is 19.0. The second-order valence-electron chi connectivity index (χ2n) is 8.12. The molecule has 0 aliphatic carbocycles. The second-order valence-corrected chi connectivity index (χ2v) is 10.5. The number of para-hydroxylation sites is 1. The maximum absolute atomic E-state index is 13.3. The number of aryl methyl sites for hydroxylation is 1. The number of nitrogens with one attached hydrogen (secondary N) is 1. The second kappa shape index (κ2) is 10.7. The highest BCUT2D eigenvalue weighted by Gasteiger charge is 2.21. The van der Waals surface area contributed by atoms with Crippen LogP contribution >= 0.6 is 23.1 Å². The van der Waals surface area contributed by atoms with Gasteiger partial charge in [0.2, 0.25) is 0 Å². The summed E-state index contributed by atoms with van der Waals surface area (Å²) in [4.78, 5) is 15.6. The van der Waals surface area contributed by atoms with Gasteiger partial charge in [0.15, 0.2) is 10.1 Å². The molecule has 0 radical (unpaired) electrons. The number of rotatable bonds is 8. The molecule has 9 heteroatoms. The molecule has 2 aromatic carbocycles. The van der Waals surface area contributed by atoms with Crippen LogP contribution in [-0.4, -0.2) is 47.3 Å². The number of aromatic nitrogens is 2. The van der Waals surface area contributed by atoms with Gasteiger partial charge in [0.25, 0.3) is 5.91 Å². The van der Waals surface area contributed by atoms with Crippen molar-refractivity contribution < 1.29 is 13.9 Å². The molecule has 0 unspecified atom stereocenters. The van der Waals surface area contributed by atoms with Gasteiger partial charge in [-0.05, 0) is 24.1 Å². The lowest BCUT2D eigenvalue weighted by molar-refractivity contribution is 0.0340. The molecule has 1 amide bonds. The fourth-order valence-corrected chi connectivity index (χ4v) is 5.88. The van der Waals surface area contributed by atoms with Crippen LogP contribution in [0, 0.1) is 6.92 Å². The van der Waals surface area contributed by atoms with Crippen molar-refractivity contribution in [2.75, 3.05) is 26.3 Å². The van der Waals surface area contributed by atoms with E-state index in [9.17, 15) is 4.79 Å². The molecular weight excluding hydrogens is 468 g/mol. The Kier molecular flexibility index (Phi) is 7.24. The van der Waals surface area contributed by atoms with E-state index in [1.54, 1.807) is 23.1 Å². The minimum atomic E-state index is -0.207. The van der Waals surface area contributed by atoms with Gasteiger partial charge in [0, 0.05) is 42.9 Å². The van der Waals surface area contributed by atoms with E-state index in [2.05, 4.69) is 32.5 Å². The van der Waals surface area contributed by atoms with E-state index in [1.807, 2.05) is 43.3 Å². The molecule has 0 bridgehead atoms. The third kappa shape index (κ3) is 5.33. The number of furan rings is 1. The van der Waals surface area contributed by atoms with E-state index in [0.29, 0.717) is 23.6 Å². The summed E-state index contributed by atoms with van der Waals surface area (Å²) in [5.74, 6) is 0.740. The molecule has 4 aromatic rings. The van der Waals surface area contributed by atoms with Crippen LogP contribution in [0.25, 0.3) is 11.0 Å². The van der Waals surface area contributed by atoms with Gasteiger partial charge in [-0.15, -0.1) is 10.2 Å². The van der Waals surface area contributed by atoms with E-state index in [4.69, 9.17) is 9.15 Å². The third-order valence-electron chi connectivity index (χ3n) is 5.81. The molecule has 3 heterocycles. The first kappa shape index (κ1) is 23.0. The molecule has 1 saturated heterocycles. The van der Waals surface area contributed by atoms with Crippen LogP contribution in [0.3, 0.4) is 0 Å². The van der Waals surface area contributed by atoms with Crippen LogP contribution in [0.1, 0.15) is 32.3 Å². The summed E-state index contributed by atoms with van der Waals surface area (Å²) in [6.45, 7) is 6.61. The minimum absolute atomic E-state index is 0.207. The van der Waals surface area contributed by atoms with Crippen LogP contribution in [0.4, 0.5) is 0 Å². The van der Waals surface area contributed by atoms with Gasteiger partial charge in [0.1, 0.15) is 10.6 Å². The largest absolute Gasteiger partial charge is 0.451 e. The summed E-state index contributed by atoms with van der Waals surface area (Å²) in [6.07, 6.45) is 0. The quantitative estimate of drug-likeness (QED) is 0.357. The number of carbonyl (C=O) groups is 1. The Bertz CT molecular complexity index is 1280. The number of amides is 1. The molecule has 0 atom stereocenters. The Hall–Kier alpha value is -2.72. The fraction of sp³-hybridized carbons (Fsp3) is 0.320. The highest BCUT2D eigenvalue weighted by molar-refractivity contribution is 8.00. The normalized spacial score (nSPS) is 14.5. The zero-order chi connectivity index (χ0) is 23.3. The molecule has 2 aromatic heterocycles. The molecule has 1 aliphatic heterocycles. The molecule has 0 saturated carbocycles. The summed E-state index contributed by atoms with van der Waals surface area (Å²) in [5.41, 5.74) is 3.92. The summed E-state index contributed by atoms with van der Waals surface area (Å²) in [7, 11) is 0. The predicted molar refractivity (Wildman–Crippen MR) is 134 cm³/mol. The Morgan fingerprint density at radius 1 is 1.09 bits per heavy atom. The first-order chi connectivity index (χ1) is 16.7. The lowest BCUT2D eigenvalue weighted by atomic mass is 10.1. The number of benzene rings is 2. The number of thioether (sulfide) groups is 1. The smallest absolute Gasteiger partial charge is 0.287 e. The molecule has 0 spiro atoms. The molecule has 1 fully saturated rings. The van der Waals surface area contributed by atoms with Crippen molar-refractivity contribution in [2.24, 2.45) is 0 Å². The van der Waals surface area contributed by atoms with Crippen LogP contribution in [-0.2, 0) is 23.6 Å². The lowest BCUT2D eigenvalue weighted by Gasteiger charge is -2.27. The van der Waals surface area contributed by atoms with Crippen molar-refractivity contribution in [2.45, 2.75) is 30.1 Å². The van der Waals surface area contributed by atoms with E-state index in [-0.39, 0.29) is 5.91 Å². The molecule has 176 valence electrons. The van der Waals surface area contributed by atoms with Crippen LogP contribution in [0.15, 0.2) is 57.3 Å². The first-order valence-corrected chi connectivity index (χ1v) is 13.1. The van der Waals surface area contributed by atoms with Gasteiger partial charge < -0.3 is 14.5 Å². The third-order valence-corrected chi connectivity index (χ3v) is 7.81. The Morgan fingerprint density at radius 3 is 2.65 bits per heavy atom. The van der Waals surface area contributed by atoms with Crippen molar-refractivity contribution in [1.29, 1.82) is 0 Å². The maximum atomic E-state index is 13.3. The fourth-order valence-electron chi connectivity index (χ4n) is 4.04. The number of ether oxygens (including phenoxy) is 1. The Labute approximate surface area is 206 Å². The van der Waals surface area contributed by atoms with Crippen molar-refractivity contribution in [3.8, 4) is 0 Å². The van der Waals surface area contributed by atoms with Crippen molar-refractivity contribution in [1.82, 2.24) is 20.4 Å². The zero-order valence-corrected chi connectivity index (χ0v) is 20.6. The highest BCUT2D eigenvalue weighted by Crippen LogP contribution is 2.33. The van der Waals surface area contributed by atoms with E-state index >= 15 is 0 Å². The standard InChI is InChI=1S/C25H26N4O3S2/c1-17-27-28-25(34-17)33-16-21-20-8-4-5-9-22(20)32-23(21)24(30)26-14-18-6-2-3-7-19(18)15-29-10-12-31-13-11-29/h2-9H,10-16H2,1H3,(H,26,30). The SMILES string of the molecule is Cc1nnc(SCc2c(C(=O)NCc3ccccc3CN3CCOCC3)oc3ccccc23)s1. The Balaban J connectivity index is 1.32. The monoisotopic (exact) mass is 494 g/mol. The van der Waals surface area contributed by atoms with Crippen molar-refractivity contribution in [3.05, 3.63) is 76.0 Å². The summed E-state index contributed by atoms with van der Waals surface area (Å²) in [5, 5.41) is 13.2. The van der Waals surface area contributed by atoms with Gasteiger partial charge in [0.05, 0.1) is 13.2 Å². The average molecular weight is 495 g/mol. The molecule has 1 aliphatic rings. The van der Waals surface area contributed by atoms with Crippen LogP contribution in [0.5, 0.6) is 0 Å². The topological polar surface area (TPSA) is 80.5 Å². The van der Waals surface area contributed by atoms with Gasteiger partial charge in [-0.3, -0.25) is 9.69 Å². The Morgan fingerprint density at radius 2 is 1.85 bits per heavy atom. The number of hydrogen-bond acceptors (Lipinski definition) is 8. The molecule has 1 N–H and O–H groups in total. The number of nitrogens with zero attached hydrogens (tertiary/aromatic N) is 3. The van der Waals surface area contributed by atoms with Gasteiger partial charge >= 0.3 is 0 Å². The van der Waals surface area contributed by atoms with Gasteiger partial charge in [-0.1, -0.05) is 65.6 Å². The van der Waals surface area contributed by atoms with Gasteiger partial charge in [-0.25, -0.2) is 0 Å². The van der Waals surface area contributed by atoms with E-state index < -0.39 is 0 Å². The summed E-state index contributed by atoms with van der Waals surface area (Å²) < 4.78 is 12.4. The molecule has 34 heavy (non-hydrogen) atoms.